The van der Waals surface area contributed by atoms with E-state index in [4.69, 9.17) is 5.73 Å². The van der Waals surface area contributed by atoms with Crippen molar-refractivity contribution in [3.8, 4) is 0 Å². The lowest BCUT2D eigenvalue weighted by molar-refractivity contribution is 0.0729. The van der Waals surface area contributed by atoms with Crippen molar-refractivity contribution in [1.82, 2.24) is 9.88 Å². The van der Waals surface area contributed by atoms with E-state index in [1.54, 1.807) is 17.2 Å². The molecule has 0 bridgehead atoms. The molecule has 0 radical (unpaired) electrons. The van der Waals surface area contributed by atoms with Crippen LogP contribution in [0.1, 0.15) is 21.6 Å². The number of anilines is 1. The molecule has 20 heavy (non-hydrogen) atoms. The molecule has 4 nitrogen and oxygen atoms in total. The van der Waals surface area contributed by atoms with Crippen LogP contribution in [0.3, 0.4) is 0 Å². The third kappa shape index (κ3) is 2.41. The van der Waals surface area contributed by atoms with Crippen LogP contribution in [-0.4, -0.2) is 22.3 Å². The Labute approximate surface area is 125 Å². The predicted octanol–water partition coefficient (Wildman–Crippen LogP) is 2.62. The summed E-state index contributed by atoms with van der Waals surface area (Å²) in [7, 11) is 0. The Hall–Kier alpha value is -1.88. The van der Waals surface area contributed by atoms with Crippen molar-refractivity contribution in [2.24, 2.45) is 0 Å². The Bertz CT molecular complexity index is 655. The van der Waals surface area contributed by atoms with Gasteiger partial charge in [-0.1, -0.05) is 12.1 Å². The van der Waals surface area contributed by atoms with E-state index in [9.17, 15) is 4.79 Å². The smallest absolute Gasteiger partial charge is 0.272 e. The Kier molecular flexibility index (Phi) is 3.44. The number of hydrogen-bond donors (Lipinski definition) is 1. The topological polar surface area (TPSA) is 59.2 Å². The van der Waals surface area contributed by atoms with Crippen molar-refractivity contribution in [3.05, 3.63) is 57.8 Å². The number of carbonyl (C=O) groups excluding carboxylic acids is 1. The molecule has 0 aliphatic carbocycles. The maximum atomic E-state index is 12.4. The van der Waals surface area contributed by atoms with Crippen molar-refractivity contribution in [3.63, 3.8) is 0 Å². The lowest BCUT2D eigenvalue weighted by Crippen LogP contribution is -2.36. The summed E-state index contributed by atoms with van der Waals surface area (Å²) in [4.78, 5) is 18.4. The van der Waals surface area contributed by atoms with Gasteiger partial charge in [0.05, 0.1) is 0 Å². The first-order valence-corrected chi connectivity index (χ1v) is 7.21. The van der Waals surface area contributed by atoms with Gasteiger partial charge in [0.1, 0.15) is 5.69 Å². The number of aromatic nitrogens is 1. The molecule has 1 aromatic heterocycles. The zero-order valence-corrected chi connectivity index (χ0v) is 12.4. The van der Waals surface area contributed by atoms with Crippen molar-refractivity contribution in [1.29, 1.82) is 0 Å². The third-order valence-corrected chi connectivity index (χ3v) is 4.01. The molecule has 2 heterocycles. The van der Waals surface area contributed by atoms with Crippen LogP contribution in [-0.2, 0) is 13.0 Å². The van der Waals surface area contributed by atoms with E-state index in [2.05, 4.69) is 27.0 Å². The fourth-order valence-electron chi connectivity index (χ4n) is 2.44. The molecule has 0 unspecified atom stereocenters. The average Bonchev–Trinajstić information content (AvgIpc) is 2.47. The normalized spacial score (nSPS) is 13.9. The molecule has 1 aromatic carbocycles. The van der Waals surface area contributed by atoms with Crippen molar-refractivity contribution in [2.45, 2.75) is 13.0 Å². The Balaban J connectivity index is 1.85. The number of nitrogens with two attached hydrogens (primary N) is 1. The van der Waals surface area contributed by atoms with Gasteiger partial charge in [-0.2, -0.15) is 0 Å². The summed E-state index contributed by atoms with van der Waals surface area (Å²) in [6.45, 7) is 1.26. The molecular weight excluding hydrogens is 318 g/mol. The number of amides is 1. The van der Waals surface area contributed by atoms with Crippen LogP contribution < -0.4 is 5.73 Å². The van der Waals surface area contributed by atoms with E-state index in [1.807, 2.05) is 18.2 Å². The van der Waals surface area contributed by atoms with E-state index in [0.29, 0.717) is 18.8 Å². The molecule has 1 amide bonds. The summed E-state index contributed by atoms with van der Waals surface area (Å²) in [6.07, 6.45) is 2.47. The second-order valence-electron chi connectivity index (χ2n) is 4.82. The predicted molar refractivity (Wildman–Crippen MR) is 81.2 cm³/mol. The van der Waals surface area contributed by atoms with Gasteiger partial charge in [0.15, 0.2) is 0 Å². The fraction of sp³-hybridized carbons (Fsp3) is 0.200. The second-order valence-corrected chi connectivity index (χ2v) is 5.74. The summed E-state index contributed by atoms with van der Waals surface area (Å²) in [5.74, 6) is -0.0496. The van der Waals surface area contributed by atoms with E-state index in [0.717, 1.165) is 22.1 Å². The molecule has 1 aliphatic rings. The van der Waals surface area contributed by atoms with Gasteiger partial charge >= 0.3 is 0 Å². The minimum Gasteiger partial charge on any atom is -0.398 e. The van der Waals surface area contributed by atoms with Gasteiger partial charge < -0.3 is 10.6 Å². The largest absolute Gasteiger partial charge is 0.398 e. The zero-order valence-electron chi connectivity index (χ0n) is 10.8. The summed E-state index contributed by atoms with van der Waals surface area (Å²) in [5.41, 5.74) is 9.51. The lowest BCUT2D eigenvalue weighted by Gasteiger charge is -2.29. The summed E-state index contributed by atoms with van der Waals surface area (Å²) >= 11 is 3.32. The Morgan fingerprint density at radius 1 is 1.30 bits per heavy atom. The summed E-state index contributed by atoms with van der Waals surface area (Å²) in [6, 6.07) is 9.47. The Morgan fingerprint density at radius 3 is 2.90 bits per heavy atom. The number of fused-ring (bicyclic) bond motifs is 1. The zero-order chi connectivity index (χ0) is 14.1. The van der Waals surface area contributed by atoms with E-state index in [-0.39, 0.29) is 5.91 Å². The highest BCUT2D eigenvalue weighted by molar-refractivity contribution is 9.10. The van der Waals surface area contributed by atoms with Crippen LogP contribution in [0.15, 0.2) is 41.0 Å². The highest BCUT2D eigenvalue weighted by atomic mass is 79.9. The molecule has 2 N–H and O–H groups in total. The lowest BCUT2D eigenvalue weighted by atomic mass is 9.98. The van der Waals surface area contributed by atoms with Gasteiger partial charge in [0.25, 0.3) is 5.91 Å². The molecule has 5 heteroatoms. The number of nitrogens with zero attached hydrogens (tertiary/aromatic N) is 2. The van der Waals surface area contributed by atoms with Crippen LogP contribution in [0, 0.1) is 0 Å². The van der Waals surface area contributed by atoms with Crippen LogP contribution in [0.25, 0.3) is 0 Å². The maximum absolute atomic E-state index is 12.4. The highest BCUT2D eigenvalue weighted by Crippen LogP contribution is 2.25. The summed E-state index contributed by atoms with van der Waals surface area (Å²) in [5, 5.41) is 0. The number of carbonyl (C=O) groups is 1. The standard InChI is InChI=1S/C15H14BrN3O/c16-11-4-5-14(18-8-11)15(20)19-7-6-10-2-1-3-13(17)12(10)9-19/h1-5,8H,6-7,9,17H2. The molecule has 0 saturated heterocycles. The average molecular weight is 332 g/mol. The van der Waals surface area contributed by atoms with Gasteiger partial charge in [0, 0.05) is 29.4 Å². The number of rotatable bonds is 1. The second kappa shape index (κ2) is 5.25. The van der Waals surface area contributed by atoms with Gasteiger partial charge in [-0.15, -0.1) is 0 Å². The SMILES string of the molecule is Nc1cccc2c1CN(C(=O)c1ccc(Br)cn1)CC2. The molecule has 0 spiro atoms. The molecule has 102 valence electrons. The van der Waals surface area contributed by atoms with Gasteiger partial charge in [-0.3, -0.25) is 4.79 Å². The number of halogens is 1. The number of benzene rings is 1. The maximum Gasteiger partial charge on any atom is 0.272 e. The van der Waals surface area contributed by atoms with Gasteiger partial charge in [-0.25, -0.2) is 4.98 Å². The van der Waals surface area contributed by atoms with E-state index in [1.165, 1.54) is 5.56 Å². The number of pyridine rings is 1. The first-order valence-electron chi connectivity index (χ1n) is 6.42. The molecule has 0 atom stereocenters. The quantitative estimate of drug-likeness (QED) is 0.817. The van der Waals surface area contributed by atoms with E-state index >= 15 is 0 Å². The molecule has 0 fully saturated rings. The molecule has 1 aliphatic heterocycles. The van der Waals surface area contributed by atoms with Gasteiger partial charge in [0.2, 0.25) is 0 Å². The monoisotopic (exact) mass is 331 g/mol. The third-order valence-electron chi connectivity index (χ3n) is 3.54. The van der Waals surface area contributed by atoms with Crippen molar-refractivity contribution in [2.75, 3.05) is 12.3 Å². The molecule has 2 aromatic rings. The number of hydrogen-bond acceptors (Lipinski definition) is 3. The first-order chi connectivity index (χ1) is 9.65. The van der Waals surface area contributed by atoms with Gasteiger partial charge in [-0.05, 0) is 51.7 Å². The van der Waals surface area contributed by atoms with Crippen LogP contribution in [0.4, 0.5) is 5.69 Å². The summed E-state index contributed by atoms with van der Waals surface area (Å²) < 4.78 is 0.863. The van der Waals surface area contributed by atoms with E-state index < -0.39 is 0 Å². The van der Waals surface area contributed by atoms with Crippen molar-refractivity contribution < 1.29 is 4.79 Å². The molecular formula is C15H14BrN3O. The van der Waals surface area contributed by atoms with Crippen LogP contribution >= 0.6 is 15.9 Å². The molecule has 3 rings (SSSR count). The minimum atomic E-state index is -0.0496. The van der Waals surface area contributed by atoms with Crippen LogP contribution in [0.5, 0.6) is 0 Å². The van der Waals surface area contributed by atoms with Crippen LogP contribution in [0.2, 0.25) is 0 Å². The first kappa shape index (κ1) is 13.1. The fourth-order valence-corrected chi connectivity index (χ4v) is 2.68. The minimum absolute atomic E-state index is 0.0496. The van der Waals surface area contributed by atoms with Crippen molar-refractivity contribution >= 4 is 27.5 Å². The number of nitrogen functional groups attached to an aromatic ring is 1. The Morgan fingerprint density at radius 2 is 2.15 bits per heavy atom. The molecule has 0 saturated carbocycles. The highest BCUT2D eigenvalue weighted by Gasteiger charge is 2.23.